The van der Waals surface area contributed by atoms with E-state index in [2.05, 4.69) is 289 Å². The van der Waals surface area contributed by atoms with Crippen LogP contribution in [0.15, 0.2) is 321 Å². The van der Waals surface area contributed by atoms with Crippen molar-refractivity contribution in [2.75, 3.05) is 9.80 Å². The molecule has 0 N–H and O–H groups in total. The van der Waals surface area contributed by atoms with Gasteiger partial charge in [-0.15, -0.1) is 0 Å². The van der Waals surface area contributed by atoms with Crippen molar-refractivity contribution in [3.05, 3.63) is 303 Å². The maximum Gasteiger partial charge on any atom is 0.256 e. The van der Waals surface area contributed by atoms with Gasteiger partial charge in [0.15, 0.2) is 22.7 Å². The number of furan rings is 4. The molecule has 0 aliphatic carbocycles. The molecule has 0 bridgehead atoms. The quantitative estimate of drug-likeness (QED) is 0.152. The van der Waals surface area contributed by atoms with Crippen LogP contribution in [0.1, 0.15) is 0 Å². The highest BCUT2D eigenvalue weighted by Crippen LogP contribution is 2.54. The third-order valence-corrected chi connectivity index (χ3v) is 21.6. The van der Waals surface area contributed by atoms with Gasteiger partial charge in [-0.2, -0.15) is 0 Å². The van der Waals surface area contributed by atoms with Crippen LogP contribution in [0, 0.1) is 0 Å². The number of fused-ring (bicyclic) bond motifs is 22. The van der Waals surface area contributed by atoms with Gasteiger partial charge in [0.25, 0.3) is 13.4 Å². The number of para-hydroxylation sites is 6. The Labute approximate surface area is 572 Å². The SMILES string of the molecule is c1ccc(-c2ccccc2N2c3cc4c(cc3B3c5ccc6c(oc7ccccc76)c5Oc5cc(-c6cccc7oc8ccccc8c67)cc2c53)B2c3ccc5c(oc6ccccc65)c3Oc3cc(-c5cccc6oc7ccccc7c56)cc(c32)N4c2ccccc2-c2ccccc2)cc1. The van der Waals surface area contributed by atoms with Crippen molar-refractivity contribution < 1.29 is 27.1 Å². The second-order valence-electron chi connectivity index (χ2n) is 26.8. The first-order valence-corrected chi connectivity index (χ1v) is 34.1. The molecule has 0 saturated carbocycles. The summed E-state index contributed by atoms with van der Waals surface area (Å²) < 4.78 is 42.9. The van der Waals surface area contributed by atoms with Crippen LogP contribution < -0.4 is 52.1 Å². The molecular weight excluding hydrogens is 1230 g/mol. The molecule has 0 radical (unpaired) electrons. The molecule has 0 unspecified atom stereocenters. The van der Waals surface area contributed by atoms with Crippen LogP contribution in [-0.2, 0) is 0 Å². The molecule has 15 aromatic carbocycles. The van der Waals surface area contributed by atoms with Gasteiger partial charge in [-0.1, -0.05) is 224 Å². The molecule has 0 fully saturated rings. The van der Waals surface area contributed by atoms with Crippen LogP contribution in [0.3, 0.4) is 0 Å². The summed E-state index contributed by atoms with van der Waals surface area (Å²) in [6.07, 6.45) is 0. The second-order valence-corrected chi connectivity index (χ2v) is 26.8. The maximum atomic E-state index is 7.70. The molecule has 462 valence electrons. The highest BCUT2D eigenvalue weighted by atomic mass is 16.5. The van der Waals surface area contributed by atoms with Crippen molar-refractivity contribution in [1.29, 1.82) is 0 Å². The molecule has 23 rings (SSSR count). The molecule has 8 nitrogen and oxygen atoms in total. The molecule has 19 aromatic rings. The number of hydrogen-bond acceptors (Lipinski definition) is 8. The van der Waals surface area contributed by atoms with Crippen molar-refractivity contribution in [3.8, 4) is 67.5 Å². The van der Waals surface area contributed by atoms with E-state index in [1.165, 1.54) is 0 Å². The molecule has 4 aliphatic rings. The standard InChI is InChI=1S/C90H50B2N2O6/c1-3-21-51(22-4-1)55-25-7-13-33-69(55)93-71-50-72-68(49-67(71)91-65-43-41-61-59-27-9-15-35-75(59)97-87(61)89(65)99-81-47-53(45-73(93)85(81)91)57-31-19-39-79-83(57)63-29-11-17-37-77(63)95-79)92-66-44-42-62-60-28-10-16-36-76(60)98-88(62)90(66)100-82-48-54(58-32-20-40-80-84(58)64-30-12-18-38-78(64)96-80)46-74(86(82)92)94(72)70-34-14-8-26-56(70)52-23-5-2-6-24-52/h1-50H. The minimum absolute atomic E-state index is 0.373. The molecule has 4 aliphatic heterocycles. The van der Waals surface area contributed by atoms with Crippen molar-refractivity contribution in [2.24, 2.45) is 0 Å². The van der Waals surface area contributed by atoms with Crippen LogP contribution in [0.25, 0.3) is 132 Å². The topological polar surface area (TPSA) is 77.5 Å². The lowest BCUT2D eigenvalue weighted by molar-refractivity contribution is 0.481. The largest absolute Gasteiger partial charge is 0.456 e. The van der Waals surface area contributed by atoms with E-state index in [1.807, 2.05) is 24.3 Å². The summed E-state index contributed by atoms with van der Waals surface area (Å²) >= 11 is 0. The lowest BCUT2D eigenvalue weighted by atomic mass is 9.30. The Morgan fingerprint density at radius 2 is 0.610 bits per heavy atom. The number of nitrogens with zero attached hydrogens (tertiary/aromatic N) is 2. The third-order valence-electron chi connectivity index (χ3n) is 21.6. The van der Waals surface area contributed by atoms with E-state index in [4.69, 9.17) is 27.1 Å². The van der Waals surface area contributed by atoms with Crippen LogP contribution in [0.2, 0.25) is 0 Å². The van der Waals surface area contributed by atoms with E-state index in [1.54, 1.807) is 0 Å². The third kappa shape index (κ3) is 7.45. The number of rotatable bonds is 6. The minimum Gasteiger partial charge on any atom is -0.456 e. The predicted octanol–water partition coefficient (Wildman–Crippen LogP) is 20.8. The summed E-state index contributed by atoms with van der Waals surface area (Å²) in [4.78, 5) is 5.08. The predicted molar refractivity (Wildman–Crippen MR) is 409 cm³/mol. The first kappa shape index (κ1) is 54.0. The van der Waals surface area contributed by atoms with Gasteiger partial charge in [-0.25, -0.2) is 0 Å². The Morgan fingerprint density at radius 1 is 0.230 bits per heavy atom. The van der Waals surface area contributed by atoms with Crippen molar-refractivity contribution in [1.82, 2.24) is 0 Å². The fourth-order valence-electron chi connectivity index (χ4n) is 17.4. The number of benzene rings is 15. The van der Waals surface area contributed by atoms with Crippen LogP contribution >= 0.6 is 0 Å². The summed E-state index contributed by atoms with van der Waals surface area (Å²) in [5.74, 6) is 2.89. The average molecular weight is 1280 g/mol. The van der Waals surface area contributed by atoms with E-state index >= 15 is 0 Å². The van der Waals surface area contributed by atoms with Gasteiger partial charge < -0.3 is 36.9 Å². The maximum absolute atomic E-state index is 7.70. The van der Waals surface area contributed by atoms with Gasteiger partial charge in [0.1, 0.15) is 45.0 Å². The van der Waals surface area contributed by atoms with Gasteiger partial charge in [-0.05, 0) is 145 Å². The first-order valence-electron chi connectivity index (χ1n) is 34.1. The van der Waals surface area contributed by atoms with Crippen molar-refractivity contribution in [3.63, 3.8) is 0 Å². The first-order chi connectivity index (χ1) is 49.6. The normalized spacial score (nSPS) is 13.3. The van der Waals surface area contributed by atoms with E-state index < -0.39 is 0 Å². The average Bonchev–Trinajstić information content (AvgIpc) is 0.704. The molecule has 0 saturated heterocycles. The Bertz CT molecular complexity index is 6380. The molecule has 100 heavy (non-hydrogen) atoms. The summed E-state index contributed by atoms with van der Waals surface area (Å²) in [7, 11) is 0. The number of ether oxygens (including phenoxy) is 2. The monoisotopic (exact) mass is 1280 g/mol. The zero-order valence-corrected chi connectivity index (χ0v) is 53.4. The fourth-order valence-corrected chi connectivity index (χ4v) is 17.4. The minimum atomic E-state index is -0.373. The lowest BCUT2D eigenvalue weighted by Gasteiger charge is -2.45. The number of anilines is 6. The number of hydrogen-bond donors (Lipinski definition) is 0. The van der Waals surface area contributed by atoms with Gasteiger partial charge in [0.2, 0.25) is 0 Å². The molecule has 10 heteroatoms. The van der Waals surface area contributed by atoms with E-state index in [0.29, 0.717) is 22.7 Å². The smallest absolute Gasteiger partial charge is 0.256 e. The second kappa shape index (κ2) is 20.2. The van der Waals surface area contributed by atoms with Crippen LogP contribution in [0.5, 0.6) is 23.0 Å². The van der Waals surface area contributed by atoms with E-state index in [0.717, 1.165) is 199 Å². The van der Waals surface area contributed by atoms with Crippen molar-refractivity contribution in [2.45, 2.75) is 0 Å². The Balaban J connectivity index is 0.877. The summed E-state index contributed by atoms with van der Waals surface area (Å²) in [5.41, 5.74) is 27.1. The molecular formula is C90H50B2N2O6. The van der Waals surface area contributed by atoms with Gasteiger partial charge in [-0.3, -0.25) is 0 Å². The van der Waals surface area contributed by atoms with Gasteiger partial charge in [0, 0.05) is 77.0 Å². The molecule has 0 spiro atoms. The van der Waals surface area contributed by atoms with Gasteiger partial charge in [0.05, 0.1) is 11.4 Å². The van der Waals surface area contributed by atoms with E-state index in [-0.39, 0.29) is 13.4 Å². The molecule has 8 heterocycles. The highest BCUT2D eigenvalue weighted by molar-refractivity contribution is 7.02. The Morgan fingerprint density at radius 3 is 1.07 bits per heavy atom. The highest BCUT2D eigenvalue weighted by Gasteiger charge is 2.49. The zero-order chi connectivity index (χ0) is 65.0. The Kier molecular flexibility index (Phi) is 10.9. The lowest BCUT2D eigenvalue weighted by Crippen LogP contribution is -2.63. The molecule has 0 atom stereocenters. The van der Waals surface area contributed by atoms with Crippen molar-refractivity contribution >= 4 is 168 Å². The van der Waals surface area contributed by atoms with Crippen LogP contribution in [0.4, 0.5) is 34.1 Å². The summed E-state index contributed by atoms with van der Waals surface area (Å²) in [6, 6.07) is 109. The van der Waals surface area contributed by atoms with Crippen LogP contribution in [-0.4, -0.2) is 13.4 Å². The fraction of sp³-hybridized carbons (Fsp3) is 0. The van der Waals surface area contributed by atoms with E-state index in [9.17, 15) is 0 Å². The molecule has 4 aromatic heterocycles. The summed E-state index contributed by atoms with van der Waals surface area (Å²) in [6.45, 7) is -0.746. The Hall–Kier alpha value is -13.2. The summed E-state index contributed by atoms with van der Waals surface area (Å²) in [5, 5.41) is 8.22. The zero-order valence-electron chi connectivity index (χ0n) is 53.4. The van der Waals surface area contributed by atoms with Gasteiger partial charge >= 0.3 is 0 Å². The molecule has 0 amide bonds.